The topological polar surface area (TPSA) is 71.7 Å². The molecule has 0 radical (unpaired) electrons. The number of ether oxygens (including phenoxy) is 1. The van der Waals surface area contributed by atoms with Crippen molar-refractivity contribution in [2.45, 2.75) is 58.4 Å². The minimum atomic E-state index is 0.518. The summed E-state index contributed by atoms with van der Waals surface area (Å²) in [6, 6.07) is 0.518. The van der Waals surface area contributed by atoms with E-state index in [2.05, 4.69) is 22.7 Å². The van der Waals surface area contributed by atoms with E-state index in [1.807, 2.05) is 6.92 Å². The molecule has 19 heavy (non-hydrogen) atoms. The first-order valence-electron chi connectivity index (χ1n) is 7.65. The average molecular weight is 270 g/mol. The molecule has 0 aromatic carbocycles. The molecule has 1 aliphatic carbocycles. The number of hydrazine groups is 1. The molecular formula is C14H30N4O. The second-order valence-corrected chi connectivity index (χ2v) is 5.20. The van der Waals surface area contributed by atoms with Crippen LogP contribution in [-0.4, -0.2) is 31.8 Å². The maximum Gasteiger partial charge on any atom is 0.205 e. The molecule has 1 saturated carbocycles. The van der Waals surface area contributed by atoms with Crippen LogP contribution >= 0.6 is 0 Å². The lowest BCUT2D eigenvalue weighted by Gasteiger charge is -2.29. The van der Waals surface area contributed by atoms with Crippen molar-refractivity contribution in [1.29, 1.82) is 0 Å². The van der Waals surface area contributed by atoms with Crippen LogP contribution < -0.4 is 16.6 Å². The summed E-state index contributed by atoms with van der Waals surface area (Å²) in [5.41, 5.74) is 2.66. The highest BCUT2D eigenvalue weighted by atomic mass is 16.5. The summed E-state index contributed by atoms with van der Waals surface area (Å²) >= 11 is 0. The highest BCUT2D eigenvalue weighted by Gasteiger charge is 2.20. The Bertz CT molecular complexity index is 250. The van der Waals surface area contributed by atoms with E-state index < -0.39 is 0 Å². The Morgan fingerprint density at radius 2 is 2.00 bits per heavy atom. The molecule has 112 valence electrons. The molecule has 1 fully saturated rings. The zero-order valence-corrected chi connectivity index (χ0v) is 12.5. The van der Waals surface area contributed by atoms with Gasteiger partial charge in [0.2, 0.25) is 5.96 Å². The Hall–Kier alpha value is -0.810. The molecule has 4 N–H and O–H groups in total. The molecule has 0 aromatic rings. The summed E-state index contributed by atoms with van der Waals surface area (Å²) in [6.07, 6.45) is 7.31. The summed E-state index contributed by atoms with van der Waals surface area (Å²) < 4.78 is 5.28. The summed E-state index contributed by atoms with van der Waals surface area (Å²) in [5.74, 6) is 7.14. The zero-order valence-electron chi connectivity index (χ0n) is 12.5. The summed E-state index contributed by atoms with van der Waals surface area (Å²) in [4.78, 5) is 4.44. The predicted octanol–water partition coefficient (Wildman–Crippen LogP) is 1.79. The van der Waals surface area contributed by atoms with Gasteiger partial charge in [0, 0.05) is 25.8 Å². The Morgan fingerprint density at radius 3 is 2.58 bits per heavy atom. The van der Waals surface area contributed by atoms with Crippen LogP contribution in [-0.2, 0) is 4.74 Å². The molecule has 0 heterocycles. The predicted molar refractivity (Wildman–Crippen MR) is 79.9 cm³/mol. The maximum atomic E-state index is 5.51. The van der Waals surface area contributed by atoms with Crippen LogP contribution in [0.3, 0.4) is 0 Å². The van der Waals surface area contributed by atoms with Crippen molar-refractivity contribution in [2.75, 3.05) is 19.8 Å². The van der Waals surface area contributed by atoms with Crippen molar-refractivity contribution in [2.24, 2.45) is 16.8 Å². The van der Waals surface area contributed by atoms with Gasteiger partial charge in [-0.25, -0.2) is 5.84 Å². The highest BCUT2D eigenvalue weighted by Crippen LogP contribution is 2.26. The molecular weight excluding hydrogens is 240 g/mol. The number of rotatable bonds is 7. The van der Waals surface area contributed by atoms with Crippen molar-refractivity contribution >= 4 is 5.96 Å². The van der Waals surface area contributed by atoms with E-state index in [4.69, 9.17) is 10.6 Å². The van der Waals surface area contributed by atoms with Gasteiger partial charge in [-0.1, -0.05) is 13.3 Å². The first-order chi connectivity index (χ1) is 9.30. The Labute approximate surface area is 117 Å². The van der Waals surface area contributed by atoms with Crippen LogP contribution in [0.25, 0.3) is 0 Å². The van der Waals surface area contributed by atoms with Crippen molar-refractivity contribution < 1.29 is 4.74 Å². The first kappa shape index (κ1) is 16.2. The highest BCUT2D eigenvalue weighted by molar-refractivity contribution is 5.79. The molecule has 5 heteroatoms. The lowest BCUT2D eigenvalue weighted by Crippen LogP contribution is -2.47. The number of hydrogen-bond acceptors (Lipinski definition) is 3. The fourth-order valence-corrected chi connectivity index (χ4v) is 2.54. The molecule has 1 rings (SSSR count). The fraction of sp³-hybridized carbons (Fsp3) is 0.929. The standard InChI is InChI=1S/C14H30N4O/c1-3-12-6-8-13(9-7-12)17-14(18-15)16-10-5-11-19-4-2/h12-13H,3-11,15H2,1-2H3,(H2,16,17,18). The van der Waals surface area contributed by atoms with Gasteiger partial charge in [0.05, 0.1) is 0 Å². The quantitative estimate of drug-likeness (QED) is 0.217. The van der Waals surface area contributed by atoms with E-state index in [0.29, 0.717) is 6.04 Å². The van der Waals surface area contributed by atoms with Gasteiger partial charge in [0.25, 0.3) is 0 Å². The number of aliphatic imine (C=N–C) groups is 1. The third kappa shape index (κ3) is 6.78. The lowest BCUT2D eigenvalue weighted by molar-refractivity contribution is 0.146. The Balaban J connectivity index is 2.22. The van der Waals surface area contributed by atoms with E-state index in [0.717, 1.165) is 38.1 Å². The van der Waals surface area contributed by atoms with E-state index in [9.17, 15) is 0 Å². The van der Waals surface area contributed by atoms with Crippen LogP contribution in [0.5, 0.6) is 0 Å². The minimum absolute atomic E-state index is 0.518. The van der Waals surface area contributed by atoms with Crippen molar-refractivity contribution in [3.8, 4) is 0 Å². The van der Waals surface area contributed by atoms with Gasteiger partial charge in [-0.15, -0.1) is 0 Å². The molecule has 0 atom stereocenters. The summed E-state index contributed by atoms with van der Waals surface area (Å²) in [5, 5.41) is 3.41. The normalized spacial score (nSPS) is 24.3. The largest absolute Gasteiger partial charge is 0.382 e. The zero-order chi connectivity index (χ0) is 13.9. The van der Waals surface area contributed by atoms with Gasteiger partial charge >= 0.3 is 0 Å². The van der Waals surface area contributed by atoms with Gasteiger partial charge in [-0.05, 0) is 44.9 Å². The SMILES string of the molecule is CCOCCCN=C(NN)NC1CCC(CC)CC1. The van der Waals surface area contributed by atoms with Crippen LogP contribution in [0, 0.1) is 5.92 Å². The van der Waals surface area contributed by atoms with Crippen LogP contribution in [0.15, 0.2) is 4.99 Å². The van der Waals surface area contributed by atoms with Crippen molar-refractivity contribution in [3.05, 3.63) is 0 Å². The molecule has 0 aliphatic heterocycles. The average Bonchev–Trinajstić information content (AvgIpc) is 2.46. The third-order valence-corrected chi connectivity index (χ3v) is 3.82. The number of guanidine groups is 1. The van der Waals surface area contributed by atoms with E-state index in [1.165, 1.54) is 32.1 Å². The number of nitrogens with zero attached hydrogens (tertiary/aromatic N) is 1. The fourth-order valence-electron chi connectivity index (χ4n) is 2.54. The Kier molecular flexibility index (Phi) is 8.58. The Morgan fingerprint density at radius 1 is 1.26 bits per heavy atom. The second kappa shape index (κ2) is 10.0. The molecule has 0 bridgehead atoms. The van der Waals surface area contributed by atoms with Gasteiger partial charge < -0.3 is 10.1 Å². The van der Waals surface area contributed by atoms with E-state index in [1.54, 1.807) is 0 Å². The lowest BCUT2D eigenvalue weighted by atomic mass is 9.85. The monoisotopic (exact) mass is 270 g/mol. The second-order valence-electron chi connectivity index (χ2n) is 5.20. The molecule has 0 spiro atoms. The molecule has 5 nitrogen and oxygen atoms in total. The minimum Gasteiger partial charge on any atom is -0.382 e. The number of nitrogens with one attached hydrogen (secondary N) is 2. The summed E-state index contributed by atoms with van der Waals surface area (Å²) in [7, 11) is 0. The van der Waals surface area contributed by atoms with E-state index >= 15 is 0 Å². The first-order valence-corrected chi connectivity index (χ1v) is 7.65. The van der Waals surface area contributed by atoms with Crippen molar-refractivity contribution in [3.63, 3.8) is 0 Å². The van der Waals surface area contributed by atoms with Crippen LogP contribution in [0.4, 0.5) is 0 Å². The van der Waals surface area contributed by atoms with Gasteiger partial charge in [-0.2, -0.15) is 0 Å². The van der Waals surface area contributed by atoms with E-state index in [-0.39, 0.29) is 0 Å². The molecule has 0 saturated heterocycles. The summed E-state index contributed by atoms with van der Waals surface area (Å²) in [6.45, 7) is 6.57. The van der Waals surface area contributed by atoms with Crippen LogP contribution in [0.2, 0.25) is 0 Å². The molecule has 0 unspecified atom stereocenters. The maximum absolute atomic E-state index is 5.51. The van der Waals surface area contributed by atoms with Gasteiger partial charge in [0.1, 0.15) is 0 Å². The van der Waals surface area contributed by atoms with Crippen molar-refractivity contribution in [1.82, 2.24) is 10.7 Å². The number of hydrogen-bond donors (Lipinski definition) is 3. The smallest absolute Gasteiger partial charge is 0.205 e. The van der Waals surface area contributed by atoms with Gasteiger partial charge in [0.15, 0.2) is 0 Å². The molecule has 0 aromatic heterocycles. The van der Waals surface area contributed by atoms with Gasteiger partial charge in [-0.3, -0.25) is 10.4 Å². The number of nitrogens with two attached hydrogens (primary N) is 1. The van der Waals surface area contributed by atoms with Crippen LogP contribution in [0.1, 0.15) is 52.4 Å². The third-order valence-electron chi connectivity index (χ3n) is 3.82. The molecule has 1 aliphatic rings. The molecule has 0 amide bonds.